The molecule has 2 aliphatic rings. The van der Waals surface area contributed by atoms with Gasteiger partial charge in [-0.05, 0) is 43.4 Å². The number of benzene rings is 1. The highest BCUT2D eigenvalue weighted by Gasteiger charge is 2.34. The average Bonchev–Trinajstić information content (AvgIpc) is 3.07. The molecule has 172 valence electrons. The predicted octanol–water partition coefficient (Wildman–Crippen LogP) is 5.13. The van der Waals surface area contributed by atoms with E-state index in [0.29, 0.717) is 26.1 Å². The Bertz CT molecular complexity index is 857. The molecule has 0 saturated carbocycles. The summed E-state index contributed by atoms with van der Waals surface area (Å²) in [5.41, 5.74) is 3.44. The molecule has 0 radical (unpaired) electrons. The molecule has 1 aromatic rings. The predicted molar refractivity (Wildman–Crippen MR) is 129 cm³/mol. The Morgan fingerprint density at radius 1 is 1.16 bits per heavy atom. The van der Waals surface area contributed by atoms with Gasteiger partial charge in [-0.1, -0.05) is 61.4 Å². The highest BCUT2D eigenvalue weighted by molar-refractivity contribution is 5.93. The molecular weight excluding hydrogens is 400 g/mol. The summed E-state index contributed by atoms with van der Waals surface area (Å²) in [6, 6.07) is 9.51. The van der Waals surface area contributed by atoms with Crippen molar-refractivity contribution in [1.29, 1.82) is 0 Å². The van der Waals surface area contributed by atoms with Gasteiger partial charge in [0, 0.05) is 31.8 Å². The number of piperidine rings is 1. The van der Waals surface area contributed by atoms with Crippen molar-refractivity contribution < 1.29 is 14.3 Å². The van der Waals surface area contributed by atoms with Gasteiger partial charge in [0.05, 0.1) is 18.9 Å². The number of unbranched alkanes of at least 4 members (excludes halogenated alkanes) is 1. The summed E-state index contributed by atoms with van der Waals surface area (Å²) in [4.78, 5) is 27.8. The molecule has 2 atom stereocenters. The molecule has 5 nitrogen and oxygen atoms in total. The van der Waals surface area contributed by atoms with Crippen molar-refractivity contribution in [3.63, 3.8) is 0 Å². The van der Waals surface area contributed by atoms with Crippen molar-refractivity contribution in [3.8, 4) is 0 Å². The van der Waals surface area contributed by atoms with Crippen LogP contribution in [0.1, 0.15) is 45.4 Å². The third-order valence-electron chi connectivity index (χ3n) is 6.26. The second kappa shape index (κ2) is 12.4. The number of para-hydroxylation sites is 1. The summed E-state index contributed by atoms with van der Waals surface area (Å²) in [6.07, 6.45) is 14.4. The molecule has 5 heteroatoms. The van der Waals surface area contributed by atoms with Crippen LogP contribution in [-0.2, 0) is 14.3 Å². The van der Waals surface area contributed by atoms with Crippen LogP contribution in [0.3, 0.4) is 0 Å². The Hall–Kier alpha value is -2.66. The molecule has 2 amide bonds. The van der Waals surface area contributed by atoms with E-state index in [1.165, 1.54) is 24.0 Å². The molecule has 2 unspecified atom stereocenters. The van der Waals surface area contributed by atoms with Crippen molar-refractivity contribution in [2.45, 2.75) is 45.4 Å². The molecule has 1 fully saturated rings. The first-order valence-electron chi connectivity index (χ1n) is 11.8. The summed E-state index contributed by atoms with van der Waals surface area (Å²) in [6.45, 7) is 3.71. The largest absolute Gasteiger partial charge is 0.384 e. The second-order valence-electron chi connectivity index (χ2n) is 8.73. The number of hydrogen-bond acceptors (Lipinski definition) is 3. The minimum absolute atomic E-state index is 0.0252. The topological polar surface area (TPSA) is 58.6 Å². The van der Waals surface area contributed by atoms with Gasteiger partial charge in [-0.25, -0.2) is 0 Å². The van der Waals surface area contributed by atoms with Crippen LogP contribution in [-0.4, -0.2) is 43.5 Å². The lowest BCUT2D eigenvalue weighted by molar-refractivity contribution is -0.136. The van der Waals surface area contributed by atoms with Gasteiger partial charge in [0.15, 0.2) is 0 Å². The molecule has 32 heavy (non-hydrogen) atoms. The van der Waals surface area contributed by atoms with E-state index in [0.717, 1.165) is 24.9 Å². The van der Waals surface area contributed by atoms with E-state index in [-0.39, 0.29) is 23.7 Å². The number of methoxy groups -OCH3 is 1. The number of likely N-dealkylation sites (tertiary alicyclic amines) is 1. The normalized spacial score (nSPS) is 20.9. The van der Waals surface area contributed by atoms with Gasteiger partial charge in [-0.3, -0.25) is 9.59 Å². The van der Waals surface area contributed by atoms with E-state index >= 15 is 0 Å². The van der Waals surface area contributed by atoms with Crippen molar-refractivity contribution in [3.05, 3.63) is 65.8 Å². The van der Waals surface area contributed by atoms with Crippen LogP contribution < -0.4 is 5.32 Å². The van der Waals surface area contributed by atoms with E-state index in [2.05, 4.69) is 36.5 Å². The fourth-order valence-electron chi connectivity index (χ4n) is 4.39. The number of carbonyl (C=O) groups excluding carboxylic acids is 2. The summed E-state index contributed by atoms with van der Waals surface area (Å²) in [5, 5.41) is 3.03. The lowest BCUT2D eigenvalue weighted by Crippen LogP contribution is -2.47. The van der Waals surface area contributed by atoms with E-state index in [1.54, 1.807) is 7.11 Å². The number of amides is 2. The smallest absolute Gasteiger partial charge is 0.229 e. The van der Waals surface area contributed by atoms with Gasteiger partial charge < -0.3 is 15.0 Å². The maximum Gasteiger partial charge on any atom is 0.229 e. The van der Waals surface area contributed by atoms with E-state index in [4.69, 9.17) is 4.74 Å². The zero-order valence-corrected chi connectivity index (χ0v) is 19.4. The van der Waals surface area contributed by atoms with Gasteiger partial charge >= 0.3 is 0 Å². The number of allylic oxidation sites excluding steroid dienone is 5. The number of hydrogen-bond donors (Lipinski definition) is 1. The summed E-state index contributed by atoms with van der Waals surface area (Å²) in [7, 11) is 1.60. The molecule has 1 aliphatic carbocycles. The van der Waals surface area contributed by atoms with E-state index in [9.17, 15) is 9.59 Å². The van der Waals surface area contributed by atoms with Crippen LogP contribution in [0.5, 0.6) is 0 Å². The Morgan fingerprint density at radius 2 is 1.97 bits per heavy atom. The quantitative estimate of drug-likeness (QED) is 0.584. The van der Waals surface area contributed by atoms with Gasteiger partial charge in [0.25, 0.3) is 0 Å². The maximum atomic E-state index is 13.1. The van der Waals surface area contributed by atoms with Gasteiger partial charge in [-0.2, -0.15) is 0 Å². The van der Waals surface area contributed by atoms with Gasteiger partial charge in [0.2, 0.25) is 11.8 Å². The minimum atomic E-state index is -0.249. The Kier molecular flexibility index (Phi) is 9.29. The molecule has 1 N–H and O–H groups in total. The number of anilines is 1. The first-order chi connectivity index (χ1) is 15.6. The van der Waals surface area contributed by atoms with Crippen LogP contribution in [0.2, 0.25) is 0 Å². The number of nitrogens with zero attached hydrogens (tertiary/aromatic N) is 1. The first kappa shape index (κ1) is 24.0. The van der Waals surface area contributed by atoms with Crippen LogP contribution in [0.4, 0.5) is 5.69 Å². The Balaban J connectivity index is 1.76. The van der Waals surface area contributed by atoms with Crippen molar-refractivity contribution >= 4 is 17.5 Å². The zero-order valence-electron chi connectivity index (χ0n) is 19.4. The lowest BCUT2D eigenvalue weighted by Gasteiger charge is -2.38. The lowest BCUT2D eigenvalue weighted by atomic mass is 9.83. The van der Waals surface area contributed by atoms with Crippen molar-refractivity contribution in [1.82, 2.24) is 4.90 Å². The highest BCUT2D eigenvalue weighted by Crippen LogP contribution is 2.31. The molecule has 1 heterocycles. The number of nitrogens with one attached hydrogen (secondary N) is 1. The monoisotopic (exact) mass is 436 g/mol. The van der Waals surface area contributed by atoms with Gasteiger partial charge in [-0.15, -0.1) is 0 Å². The molecule has 1 aromatic carbocycles. The zero-order chi connectivity index (χ0) is 22.8. The molecular formula is C27H36N2O3. The Labute approximate surface area is 192 Å². The molecule has 1 aliphatic heterocycles. The maximum absolute atomic E-state index is 13.1. The molecule has 0 spiro atoms. The summed E-state index contributed by atoms with van der Waals surface area (Å²) < 4.78 is 5.10. The van der Waals surface area contributed by atoms with Crippen LogP contribution in [0, 0.1) is 11.8 Å². The fraction of sp³-hybridized carbons (Fsp3) is 0.481. The standard InChI is InChI=1S/C27H36N2O3/c1-3-4-9-21-10-8-11-22(15-14-21)23-18-24(20-29(19-23)26(30)16-17-32-2)27(31)28-25-12-6-5-7-13-25/h5-8,11-15,23-24H,3-4,9-10,16-20H2,1-2H3,(H,28,31). The van der Waals surface area contributed by atoms with Gasteiger partial charge in [0.1, 0.15) is 0 Å². The van der Waals surface area contributed by atoms with Crippen LogP contribution in [0.25, 0.3) is 0 Å². The summed E-state index contributed by atoms with van der Waals surface area (Å²) in [5.74, 6) is -0.0874. The average molecular weight is 437 g/mol. The van der Waals surface area contributed by atoms with Crippen molar-refractivity contribution in [2.75, 3.05) is 32.1 Å². The highest BCUT2D eigenvalue weighted by atomic mass is 16.5. The molecule has 3 rings (SSSR count). The Morgan fingerprint density at radius 3 is 2.72 bits per heavy atom. The SMILES string of the molecule is CCCCC1=CC=C(C2CC(C(=O)Nc3ccccc3)CN(C(=O)CCOC)C2)C=CC1. The van der Waals surface area contributed by atoms with E-state index in [1.807, 2.05) is 35.2 Å². The third kappa shape index (κ3) is 6.92. The second-order valence-corrected chi connectivity index (χ2v) is 8.73. The molecule has 1 saturated heterocycles. The first-order valence-corrected chi connectivity index (χ1v) is 11.8. The molecule has 0 bridgehead atoms. The number of ether oxygens (including phenoxy) is 1. The van der Waals surface area contributed by atoms with Crippen molar-refractivity contribution in [2.24, 2.45) is 11.8 Å². The number of rotatable bonds is 9. The minimum Gasteiger partial charge on any atom is -0.384 e. The van der Waals surface area contributed by atoms with E-state index < -0.39 is 0 Å². The van der Waals surface area contributed by atoms with Crippen LogP contribution >= 0.6 is 0 Å². The molecule has 0 aromatic heterocycles. The summed E-state index contributed by atoms with van der Waals surface area (Å²) >= 11 is 0. The number of carbonyl (C=O) groups is 2. The third-order valence-corrected chi connectivity index (χ3v) is 6.26. The van der Waals surface area contributed by atoms with Crippen LogP contribution in [0.15, 0.2) is 65.8 Å². The fourth-order valence-corrected chi connectivity index (χ4v) is 4.39.